The van der Waals surface area contributed by atoms with Crippen molar-refractivity contribution in [2.75, 3.05) is 16.6 Å². The monoisotopic (exact) mass is 534 g/mol. The molecule has 0 saturated carbocycles. The Morgan fingerprint density at radius 3 is 2.15 bits per heavy atom. The predicted octanol–water partition coefficient (Wildman–Crippen LogP) is 6.02. The van der Waals surface area contributed by atoms with Gasteiger partial charge < -0.3 is 9.47 Å². The molecule has 4 aromatic rings. The zero-order chi connectivity index (χ0) is 27.6. The highest BCUT2D eigenvalue weighted by Gasteiger charge is 2.60. The smallest absolute Gasteiger partial charge is 0.266 e. The van der Waals surface area contributed by atoms with Gasteiger partial charge in [-0.05, 0) is 61.4 Å². The van der Waals surface area contributed by atoms with Crippen molar-refractivity contribution in [1.82, 2.24) is 0 Å². The molecule has 0 unspecified atom stereocenters. The summed E-state index contributed by atoms with van der Waals surface area (Å²) in [4.78, 5) is 35.0. The van der Waals surface area contributed by atoms with Gasteiger partial charge in [-0.2, -0.15) is 0 Å². The first-order valence-electron chi connectivity index (χ1n) is 13.4. The molecule has 0 bridgehead atoms. The van der Waals surface area contributed by atoms with Gasteiger partial charge >= 0.3 is 0 Å². The third-order valence-electron chi connectivity index (χ3n) is 7.26. The number of hydrogen-bond donors (Lipinski definition) is 0. The van der Waals surface area contributed by atoms with Crippen molar-refractivity contribution >= 4 is 23.2 Å². The molecule has 3 atom stereocenters. The maximum Gasteiger partial charge on any atom is 0.266 e. The third-order valence-corrected chi connectivity index (χ3v) is 7.26. The predicted molar refractivity (Wildman–Crippen MR) is 152 cm³/mol. The fourth-order valence-electron chi connectivity index (χ4n) is 5.33. The van der Waals surface area contributed by atoms with Crippen molar-refractivity contribution in [1.29, 1.82) is 0 Å². The van der Waals surface area contributed by atoms with Crippen LogP contribution in [-0.4, -0.2) is 24.5 Å². The van der Waals surface area contributed by atoms with Gasteiger partial charge in [0.15, 0.2) is 17.6 Å². The van der Waals surface area contributed by atoms with E-state index in [0.29, 0.717) is 30.4 Å². The van der Waals surface area contributed by atoms with Crippen LogP contribution in [0.25, 0.3) is 0 Å². The standard InChI is InChI=1S/C33H30N2O5/c1-3-38-28-20-24(16-19-27(28)39-21-23-10-6-4-7-11-23)30-29-31(40-35(30)26-12-8-5-9-13-26)33(37)34(32(29)36)25-17-14-22(2)15-18-25/h4-20,29-31H,3,21H2,1-2H3/t29-,30+,31-/m0/s1. The molecule has 7 nitrogen and oxygen atoms in total. The van der Waals surface area contributed by atoms with Crippen molar-refractivity contribution in [2.45, 2.75) is 32.6 Å². The van der Waals surface area contributed by atoms with Crippen LogP contribution in [0.15, 0.2) is 103 Å². The molecule has 2 aliphatic heterocycles. The molecule has 0 radical (unpaired) electrons. The lowest BCUT2D eigenvalue weighted by atomic mass is 9.90. The van der Waals surface area contributed by atoms with Gasteiger partial charge in [-0.1, -0.05) is 72.3 Å². The largest absolute Gasteiger partial charge is 0.490 e. The number of aryl methyl sites for hydroxylation is 1. The van der Waals surface area contributed by atoms with Crippen LogP contribution in [0.5, 0.6) is 11.5 Å². The van der Waals surface area contributed by atoms with Crippen LogP contribution < -0.4 is 19.4 Å². The maximum absolute atomic E-state index is 13.9. The van der Waals surface area contributed by atoms with Crippen LogP contribution in [0.4, 0.5) is 11.4 Å². The van der Waals surface area contributed by atoms with E-state index in [2.05, 4.69) is 0 Å². The molecular weight excluding hydrogens is 504 g/mol. The Hall–Kier alpha value is -4.62. The lowest BCUT2D eigenvalue weighted by molar-refractivity contribution is -0.126. The second kappa shape index (κ2) is 10.9. The van der Waals surface area contributed by atoms with E-state index in [4.69, 9.17) is 14.3 Å². The van der Waals surface area contributed by atoms with E-state index in [1.54, 1.807) is 17.2 Å². The number of rotatable bonds is 8. The van der Waals surface area contributed by atoms with E-state index in [-0.39, 0.29) is 11.8 Å². The molecule has 40 heavy (non-hydrogen) atoms. The molecule has 202 valence electrons. The molecule has 2 saturated heterocycles. The third kappa shape index (κ3) is 4.69. The van der Waals surface area contributed by atoms with E-state index < -0.39 is 18.1 Å². The Morgan fingerprint density at radius 1 is 0.750 bits per heavy atom. The number of benzene rings is 4. The van der Waals surface area contributed by atoms with E-state index >= 15 is 0 Å². The van der Waals surface area contributed by atoms with Gasteiger partial charge in [0.05, 0.1) is 24.0 Å². The second-order valence-corrected chi connectivity index (χ2v) is 9.92. The summed E-state index contributed by atoms with van der Waals surface area (Å²) in [5.74, 6) is -0.217. The number of fused-ring (bicyclic) bond motifs is 1. The number of nitrogens with zero attached hydrogens (tertiary/aromatic N) is 2. The summed E-state index contributed by atoms with van der Waals surface area (Å²) in [5.41, 5.74) is 4.18. The number of imide groups is 1. The van der Waals surface area contributed by atoms with Crippen LogP contribution in [0.2, 0.25) is 0 Å². The Morgan fingerprint density at radius 2 is 1.45 bits per heavy atom. The molecule has 2 fully saturated rings. The Balaban J connectivity index is 1.37. The Labute approximate surface area is 233 Å². The number of amides is 2. The normalized spacial score (nSPS) is 20.1. The molecule has 6 rings (SSSR count). The highest BCUT2D eigenvalue weighted by molar-refractivity contribution is 6.23. The summed E-state index contributed by atoms with van der Waals surface area (Å²) in [7, 11) is 0. The van der Waals surface area contributed by atoms with E-state index in [0.717, 1.165) is 22.4 Å². The number of hydroxylamine groups is 1. The maximum atomic E-state index is 13.9. The van der Waals surface area contributed by atoms with Crippen molar-refractivity contribution in [3.8, 4) is 11.5 Å². The zero-order valence-electron chi connectivity index (χ0n) is 22.4. The number of hydrogen-bond acceptors (Lipinski definition) is 6. The number of ether oxygens (including phenoxy) is 2. The molecule has 0 aromatic heterocycles. The van der Waals surface area contributed by atoms with Crippen molar-refractivity contribution < 1.29 is 23.9 Å². The van der Waals surface area contributed by atoms with E-state index in [1.807, 2.05) is 105 Å². The zero-order valence-corrected chi connectivity index (χ0v) is 22.4. The average Bonchev–Trinajstić information content (AvgIpc) is 3.49. The molecule has 2 amide bonds. The lowest BCUT2D eigenvalue weighted by Gasteiger charge is -2.29. The molecule has 0 spiro atoms. The Kier molecular flexibility index (Phi) is 6.97. The fourth-order valence-corrected chi connectivity index (χ4v) is 5.33. The first-order valence-corrected chi connectivity index (χ1v) is 13.4. The number of carbonyl (C=O) groups is 2. The minimum Gasteiger partial charge on any atom is -0.490 e. The van der Waals surface area contributed by atoms with Gasteiger partial charge in [0, 0.05) is 0 Å². The van der Waals surface area contributed by atoms with Crippen LogP contribution in [0, 0.1) is 12.8 Å². The topological polar surface area (TPSA) is 68.3 Å². The minimum absolute atomic E-state index is 0.287. The summed E-state index contributed by atoms with van der Waals surface area (Å²) in [6.07, 6.45) is -0.941. The van der Waals surface area contributed by atoms with Crippen molar-refractivity contribution in [3.63, 3.8) is 0 Å². The highest BCUT2D eigenvalue weighted by Crippen LogP contribution is 2.48. The average molecular weight is 535 g/mol. The molecular formula is C33H30N2O5. The summed E-state index contributed by atoms with van der Waals surface area (Å²) < 4.78 is 12.1. The Bertz CT molecular complexity index is 1510. The van der Waals surface area contributed by atoms with Gasteiger partial charge in [0.25, 0.3) is 5.91 Å². The summed E-state index contributed by atoms with van der Waals surface area (Å²) in [6.45, 7) is 4.72. The van der Waals surface area contributed by atoms with Crippen LogP contribution in [0.1, 0.15) is 29.7 Å². The van der Waals surface area contributed by atoms with Gasteiger partial charge in [0.1, 0.15) is 12.5 Å². The molecule has 0 aliphatic carbocycles. The SMILES string of the molecule is CCOc1cc([C@@H]2[C@@H]3C(=O)N(c4ccc(C)cc4)C(=O)[C@H]3ON2c2ccccc2)ccc1OCc1ccccc1. The number of anilines is 2. The summed E-state index contributed by atoms with van der Waals surface area (Å²) >= 11 is 0. The van der Waals surface area contributed by atoms with Crippen LogP contribution >= 0.6 is 0 Å². The molecule has 2 aliphatic rings. The van der Waals surface area contributed by atoms with E-state index in [1.165, 1.54) is 4.90 Å². The van der Waals surface area contributed by atoms with E-state index in [9.17, 15) is 9.59 Å². The van der Waals surface area contributed by atoms with Gasteiger partial charge in [-0.25, -0.2) is 9.96 Å². The van der Waals surface area contributed by atoms with Gasteiger partial charge in [0.2, 0.25) is 5.91 Å². The molecule has 0 N–H and O–H groups in total. The molecule has 2 heterocycles. The first kappa shape index (κ1) is 25.6. The highest BCUT2D eigenvalue weighted by atomic mass is 16.7. The molecule has 7 heteroatoms. The summed E-state index contributed by atoms with van der Waals surface area (Å²) in [6, 6.07) is 31.9. The lowest BCUT2D eigenvalue weighted by Crippen LogP contribution is -2.37. The fraction of sp³-hybridized carbons (Fsp3) is 0.212. The first-order chi connectivity index (χ1) is 19.5. The minimum atomic E-state index is -0.941. The quantitative estimate of drug-likeness (QED) is 0.258. The van der Waals surface area contributed by atoms with Crippen molar-refractivity contribution in [2.24, 2.45) is 5.92 Å². The van der Waals surface area contributed by atoms with Crippen LogP contribution in [-0.2, 0) is 21.0 Å². The van der Waals surface area contributed by atoms with Gasteiger partial charge in [-0.15, -0.1) is 0 Å². The van der Waals surface area contributed by atoms with Crippen LogP contribution in [0.3, 0.4) is 0 Å². The second-order valence-electron chi connectivity index (χ2n) is 9.92. The van der Waals surface area contributed by atoms with Gasteiger partial charge in [-0.3, -0.25) is 14.4 Å². The number of carbonyl (C=O) groups excluding carboxylic acids is 2. The van der Waals surface area contributed by atoms with Crippen molar-refractivity contribution in [3.05, 3.63) is 120 Å². The molecule has 4 aromatic carbocycles. The number of para-hydroxylation sites is 1. The summed E-state index contributed by atoms with van der Waals surface area (Å²) in [5, 5.41) is 1.69.